The maximum absolute atomic E-state index is 13.3. The Morgan fingerprint density at radius 3 is 2.32 bits per heavy atom. The van der Waals surface area contributed by atoms with Crippen LogP contribution in [-0.2, 0) is 38.5 Å². The lowest BCUT2D eigenvalue weighted by molar-refractivity contribution is -0.144. The molecule has 0 aliphatic carbocycles. The second kappa shape index (κ2) is 11.2. The largest absolute Gasteiger partial charge is 0.467 e. The Kier molecular flexibility index (Phi) is 8.14. The number of ether oxygens (including phenoxy) is 1. The van der Waals surface area contributed by atoms with Crippen LogP contribution in [0, 0.1) is 5.41 Å². The van der Waals surface area contributed by atoms with E-state index in [1.54, 1.807) is 0 Å². The van der Waals surface area contributed by atoms with Gasteiger partial charge < -0.3 is 14.6 Å². The normalized spacial score (nSPS) is 14.6. The van der Waals surface area contributed by atoms with Crippen molar-refractivity contribution in [1.82, 2.24) is 9.88 Å². The molecule has 3 aromatic rings. The fourth-order valence-electron chi connectivity index (χ4n) is 4.98. The van der Waals surface area contributed by atoms with Crippen LogP contribution < -0.4 is 5.32 Å². The molecule has 37 heavy (non-hydrogen) atoms. The second-order valence-corrected chi connectivity index (χ2v) is 11.6. The van der Waals surface area contributed by atoms with E-state index >= 15 is 0 Å². The Bertz CT molecular complexity index is 1320. The van der Waals surface area contributed by atoms with Crippen LogP contribution in [0.2, 0.25) is 5.02 Å². The molecule has 2 heterocycles. The van der Waals surface area contributed by atoms with Gasteiger partial charge in [-0.3, -0.25) is 9.59 Å². The number of esters is 1. The molecule has 4 rings (SSSR count). The number of nitrogens with one attached hydrogen (secondary N) is 1. The summed E-state index contributed by atoms with van der Waals surface area (Å²) in [6.45, 7) is 6.62. The number of halogens is 1. The number of rotatable bonds is 8. The van der Waals surface area contributed by atoms with Gasteiger partial charge in [-0.25, -0.2) is 4.79 Å². The lowest BCUT2D eigenvalue weighted by atomic mass is 9.86. The third kappa shape index (κ3) is 6.11. The number of nitrogens with zero attached hydrogens (tertiary/aromatic N) is 1. The minimum absolute atomic E-state index is 0.0592. The van der Waals surface area contributed by atoms with E-state index in [4.69, 9.17) is 16.3 Å². The fourth-order valence-corrected chi connectivity index (χ4v) is 5.92. The van der Waals surface area contributed by atoms with Gasteiger partial charge >= 0.3 is 5.97 Å². The minimum atomic E-state index is -0.885. The van der Waals surface area contributed by atoms with E-state index in [-0.39, 0.29) is 28.6 Å². The van der Waals surface area contributed by atoms with Crippen LogP contribution in [0.15, 0.2) is 54.6 Å². The summed E-state index contributed by atoms with van der Waals surface area (Å²) < 4.78 is 7.09. The van der Waals surface area contributed by atoms with Crippen molar-refractivity contribution in [3.8, 4) is 22.3 Å². The van der Waals surface area contributed by atoms with Crippen molar-refractivity contribution in [2.45, 2.75) is 46.2 Å². The van der Waals surface area contributed by atoms with E-state index in [1.165, 1.54) is 19.7 Å². The Morgan fingerprint density at radius 1 is 1.05 bits per heavy atom. The van der Waals surface area contributed by atoms with Gasteiger partial charge in [-0.05, 0) is 35.1 Å². The molecule has 0 unspecified atom stereocenters. The molecular weight excluding hydrogens is 508 g/mol. The maximum atomic E-state index is 13.3. The molecule has 1 N–H and O–H groups in total. The highest BCUT2D eigenvalue weighted by atomic mass is 35.5. The minimum Gasteiger partial charge on any atom is -0.467 e. The molecular formula is C29H31ClN2O4S. The average molecular weight is 539 g/mol. The van der Waals surface area contributed by atoms with Gasteiger partial charge in [0, 0.05) is 46.8 Å². The van der Waals surface area contributed by atoms with Crippen molar-refractivity contribution < 1.29 is 19.1 Å². The van der Waals surface area contributed by atoms with Gasteiger partial charge in [0.05, 0.1) is 13.5 Å². The molecule has 0 bridgehead atoms. The zero-order valence-electron chi connectivity index (χ0n) is 21.5. The molecule has 0 saturated heterocycles. The van der Waals surface area contributed by atoms with Crippen molar-refractivity contribution >= 4 is 40.4 Å². The second-order valence-electron chi connectivity index (χ2n) is 10.1. The fraction of sp³-hybridized carbons (Fsp3) is 0.345. The van der Waals surface area contributed by atoms with E-state index in [9.17, 15) is 14.4 Å². The van der Waals surface area contributed by atoms with Gasteiger partial charge in [-0.2, -0.15) is 0 Å². The molecule has 1 aromatic heterocycles. The SMILES string of the molecule is COC(=O)[C@@H](CSC(=O)Cc1c(-c2ccc(Cl)cc2)c(-c2ccccc2)c2n1CC(C)(C)C2)NC(C)=O. The maximum Gasteiger partial charge on any atom is 0.329 e. The number of benzene rings is 2. The van der Waals surface area contributed by atoms with E-state index in [0.717, 1.165) is 52.7 Å². The van der Waals surface area contributed by atoms with Crippen LogP contribution in [0.25, 0.3) is 22.3 Å². The molecule has 194 valence electrons. The Morgan fingerprint density at radius 2 is 1.70 bits per heavy atom. The monoisotopic (exact) mass is 538 g/mol. The van der Waals surface area contributed by atoms with Crippen LogP contribution in [0.4, 0.5) is 0 Å². The number of methoxy groups -OCH3 is 1. The number of carbonyl (C=O) groups is 3. The van der Waals surface area contributed by atoms with Crippen LogP contribution in [0.1, 0.15) is 32.2 Å². The molecule has 0 radical (unpaired) electrons. The lowest BCUT2D eigenvalue weighted by Gasteiger charge is -2.19. The number of hydrogen-bond acceptors (Lipinski definition) is 5. The first kappa shape index (κ1) is 27.0. The Balaban J connectivity index is 1.75. The van der Waals surface area contributed by atoms with E-state index < -0.39 is 12.0 Å². The van der Waals surface area contributed by atoms with Crippen molar-refractivity contribution in [2.75, 3.05) is 12.9 Å². The third-order valence-corrected chi connectivity index (χ3v) is 7.71. The number of thioether (sulfide) groups is 1. The summed E-state index contributed by atoms with van der Waals surface area (Å²) in [6, 6.07) is 17.1. The predicted octanol–water partition coefficient (Wildman–Crippen LogP) is 5.54. The Labute approximate surface area is 226 Å². The molecule has 0 fully saturated rings. The molecule has 1 amide bonds. The van der Waals surface area contributed by atoms with Crippen LogP contribution >= 0.6 is 23.4 Å². The zero-order chi connectivity index (χ0) is 26.7. The first-order chi connectivity index (χ1) is 17.6. The van der Waals surface area contributed by atoms with E-state index in [1.807, 2.05) is 42.5 Å². The number of aromatic nitrogens is 1. The van der Waals surface area contributed by atoms with Gasteiger partial charge in [0.1, 0.15) is 6.04 Å². The number of hydrogen-bond donors (Lipinski definition) is 1. The van der Waals surface area contributed by atoms with Crippen LogP contribution in [0.5, 0.6) is 0 Å². The van der Waals surface area contributed by atoms with Crippen molar-refractivity contribution in [3.63, 3.8) is 0 Å². The van der Waals surface area contributed by atoms with Crippen molar-refractivity contribution in [3.05, 3.63) is 71.0 Å². The lowest BCUT2D eigenvalue weighted by Crippen LogP contribution is -2.42. The molecule has 1 atom stereocenters. The van der Waals surface area contributed by atoms with Crippen LogP contribution in [-0.4, -0.2) is 40.5 Å². The smallest absolute Gasteiger partial charge is 0.329 e. The van der Waals surface area contributed by atoms with Gasteiger partial charge in [0.15, 0.2) is 5.12 Å². The summed E-state index contributed by atoms with van der Waals surface area (Å²) in [5, 5.41) is 3.13. The van der Waals surface area contributed by atoms with Crippen LogP contribution in [0.3, 0.4) is 0 Å². The average Bonchev–Trinajstić information content (AvgIpc) is 3.32. The van der Waals surface area contributed by atoms with Gasteiger partial charge in [-0.15, -0.1) is 0 Å². The van der Waals surface area contributed by atoms with E-state index in [0.29, 0.717) is 5.02 Å². The highest BCUT2D eigenvalue weighted by molar-refractivity contribution is 8.13. The van der Waals surface area contributed by atoms with E-state index in [2.05, 4.69) is 35.9 Å². The summed E-state index contributed by atoms with van der Waals surface area (Å²) in [5.41, 5.74) is 6.52. The third-order valence-electron chi connectivity index (χ3n) is 6.49. The summed E-state index contributed by atoms with van der Waals surface area (Å²) in [7, 11) is 1.26. The number of amides is 1. The summed E-state index contributed by atoms with van der Waals surface area (Å²) in [5.74, 6) is -0.826. The molecule has 0 spiro atoms. The number of fused-ring (bicyclic) bond motifs is 1. The summed E-state index contributed by atoms with van der Waals surface area (Å²) in [4.78, 5) is 37.0. The summed E-state index contributed by atoms with van der Waals surface area (Å²) >= 11 is 7.24. The summed E-state index contributed by atoms with van der Waals surface area (Å²) in [6.07, 6.45) is 1.08. The van der Waals surface area contributed by atoms with Gasteiger partial charge in [0.2, 0.25) is 5.91 Å². The molecule has 1 aliphatic rings. The highest BCUT2D eigenvalue weighted by Gasteiger charge is 2.36. The molecule has 6 nitrogen and oxygen atoms in total. The molecule has 2 aromatic carbocycles. The quantitative estimate of drug-likeness (QED) is 0.381. The predicted molar refractivity (Wildman–Crippen MR) is 149 cm³/mol. The first-order valence-corrected chi connectivity index (χ1v) is 13.5. The van der Waals surface area contributed by atoms with Gasteiger partial charge in [0.25, 0.3) is 0 Å². The van der Waals surface area contributed by atoms with Crippen molar-refractivity contribution in [2.24, 2.45) is 5.41 Å². The highest BCUT2D eigenvalue weighted by Crippen LogP contribution is 2.47. The molecule has 8 heteroatoms. The van der Waals surface area contributed by atoms with Crippen molar-refractivity contribution in [1.29, 1.82) is 0 Å². The molecule has 1 aliphatic heterocycles. The number of carbonyl (C=O) groups excluding carboxylic acids is 3. The first-order valence-electron chi connectivity index (χ1n) is 12.2. The molecule has 0 saturated carbocycles. The Hall–Kier alpha value is -3.03. The topological polar surface area (TPSA) is 77.4 Å². The zero-order valence-corrected chi connectivity index (χ0v) is 23.0. The van der Waals surface area contributed by atoms with Gasteiger partial charge in [-0.1, -0.05) is 79.7 Å². The standard InChI is InChI=1S/C29H31ClN2O4S/c1-18(33)31-22(28(35)36-4)16-37-25(34)14-23-26(20-10-12-21(30)13-11-20)27(19-8-6-5-7-9-19)24-15-29(2,3)17-32(23)24/h5-13,22H,14-17H2,1-4H3,(H,31,33)/t22-/m1/s1.